The van der Waals surface area contributed by atoms with Crippen LogP contribution in [0.25, 0.3) is 54.1 Å². The van der Waals surface area contributed by atoms with Crippen LogP contribution >= 0.6 is 11.3 Å². The van der Waals surface area contributed by atoms with E-state index in [1.54, 1.807) is 11.3 Å². The van der Waals surface area contributed by atoms with Gasteiger partial charge in [-0.05, 0) is 62.3 Å². The number of fused-ring (bicyclic) bond motifs is 6. The van der Waals surface area contributed by atoms with Gasteiger partial charge in [0.15, 0.2) is 5.78 Å². The van der Waals surface area contributed by atoms with Crippen LogP contribution in [0.2, 0.25) is 0 Å². The zero-order chi connectivity index (χ0) is 35.0. The van der Waals surface area contributed by atoms with Crippen molar-refractivity contribution in [2.24, 2.45) is 10.8 Å². The van der Waals surface area contributed by atoms with Gasteiger partial charge in [-0.25, -0.2) is 0 Å². The van der Waals surface area contributed by atoms with Gasteiger partial charge in [-0.2, -0.15) is 0 Å². The van der Waals surface area contributed by atoms with Gasteiger partial charge < -0.3 is 9.52 Å². The Balaban J connectivity index is 0.000000260. The summed E-state index contributed by atoms with van der Waals surface area (Å²) in [5.41, 5.74) is 4.47. The third-order valence-corrected chi connectivity index (χ3v) is 11.6. The van der Waals surface area contributed by atoms with Crippen LogP contribution in [0.15, 0.2) is 77.0 Å². The van der Waals surface area contributed by atoms with E-state index in [1.807, 2.05) is 53.8 Å². The second kappa shape index (κ2) is 14.9. The topological polar surface area (TPSA) is 63.3 Å². The molecular weight excluding hydrogens is 803 g/mol. The normalized spacial score (nSPS) is 12.7. The van der Waals surface area contributed by atoms with Crippen LogP contribution in [0.1, 0.15) is 98.4 Å². The second-order valence-electron chi connectivity index (χ2n) is 14.7. The molecule has 0 unspecified atom stereocenters. The minimum absolute atomic E-state index is 0. The Hall–Kier alpha value is -3.31. The first-order valence-corrected chi connectivity index (χ1v) is 18.1. The Morgan fingerprint density at radius 1 is 0.878 bits per heavy atom. The number of aromatic nitrogens is 1. The van der Waals surface area contributed by atoms with E-state index in [2.05, 4.69) is 82.3 Å². The molecule has 0 atom stereocenters. The van der Waals surface area contributed by atoms with Crippen molar-refractivity contribution >= 4 is 59.9 Å². The molecule has 3 aromatic carbocycles. The van der Waals surface area contributed by atoms with Gasteiger partial charge in [-0.15, -0.1) is 40.5 Å². The number of rotatable bonds is 8. The van der Waals surface area contributed by atoms with Gasteiger partial charge in [0.1, 0.15) is 16.9 Å². The van der Waals surface area contributed by atoms with Crippen molar-refractivity contribution in [3.63, 3.8) is 0 Å². The largest absolute Gasteiger partial charge is 0.512 e. The first-order valence-electron chi connectivity index (χ1n) is 17.3. The smallest absolute Gasteiger partial charge is 0.164 e. The van der Waals surface area contributed by atoms with Crippen molar-refractivity contribution in [3.8, 4) is 11.3 Å². The molecule has 0 fully saturated rings. The summed E-state index contributed by atoms with van der Waals surface area (Å²) < 4.78 is 7.63. The number of nitrogens with zero attached hydrogens (tertiary/aromatic N) is 1. The Kier molecular flexibility index (Phi) is 11.7. The minimum Gasteiger partial charge on any atom is -0.512 e. The van der Waals surface area contributed by atoms with Gasteiger partial charge in [-0.3, -0.25) is 9.78 Å². The molecule has 0 spiro atoms. The van der Waals surface area contributed by atoms with Crippen LogP contribution < -0.4 is 0 Å². The van der Waals surface area contributed by atoms with E-state index in [1.165, 1.54) is 32.0 Å². The number of ketones is 1. The van der Waals surface area contributed by atoms with Gasteiger partial charge in [0.25, 0.3) is 0 Å². The maximum atomic E-state index is 12.2. The number of furan rings is 1. The Labute approximate surface area is 309 Å². The monoisotopic (exact) mass is 853 g/mol. The first kappa shape index (κ1) is 38.5. The molecule has 3 heterocycles. The van der Waals surface area contributed by atoms with Crippen LogP contribution in [0, 0.1) is 23.8 Å². The molecule has 0 bridgehead atoms. The van der Waals surface area contributed by atoms with Crippen molar-refractivity contribution in [2.75, 3.05) is 0 Å². The van der Waals surface area contributed by atoms with Crippen molar-refractivity contribution < 1.29 is 34.4 Å². The number of benzene rings is 3. The molecule has 4 nitrogen and oxygen atoms in total. The maximum Gasteiger partial charge on any atom is 0.164 e. The summed E-state index contributed by atoms with van der Waals surface area (Å²) in [7, 11) is 0. The van der Waals surface area contributed by atoms with Gasteiger partial charge in [0.05, 0.1) is 0 Å². The molecule has 6 heteroatoms. The molecule has 0 aliphatic carbocycles. The number of carbonyl (C=O) groups excluding carboxylic acids is 1. The Bertz CT molecular complexity index is 2140. The predicted molar refractivity (Wildman–Crippen MR) is 205 cm³/mol. The standard InChI is InChI=1S/C28H22NOS.C15H28O2.Ir/c1-16-13-21-24(31-16)10-9-20-25-23(30-27(20)21)11-12-29-26(25)18-14-17-7-5-6-8-19(17)22(15-18)28(2,3)4;1-7-14(5,8-2)12(16)11-13(17)15(6,9-3)10-4;/h5-13,15H,1-4H3;11,16H,7-10H2,1-6H3;/q-1;;/b;12-11-;. The number of hydrogen-bond acceptors (Lipinski definition) is 5. The number of hydrogen-bond donors (Lipinski definition) is 1. The predicted octanol–water partition coefficient (Wildman–Crippen LogP) is 13.1. The molecule has 0 aliphatic rings. The Morgan fingerprint density at radius 3 is 2.16 bits per heavy atom. The molecule has 1 radical (unpaired) electrons. The van der Waals surface area contributed by atoms with Gasteiger partial charge in [0.2, 0.25) is 0 Å². The third-order valence-electron chi connectivity index (χ3n) is 10.6. The van der Waals surface area contributed by atoms with Crippen LogP contribution in [-0.2, 0) is 30.3 Å². The number of pyridine rings is 1. The SMILES string of the molecule is CCC(C)(CC)C(=O)/C=C(\O)C(C)(CC)CC.Cc1cc2c(ccc3c2oc2ccnc(-c4[c-]c5ccccc5c(C(C)(C)C)c4)c23)s1.[Ir]. The average molecular weight is 853 g/mol. The summed E-state index contributed by atoms with van der Waals surface area (Å²) in [6.07, 6.45) is 6.60. The molecule has 6 aromatic rings. The number of aliphatic hydroxyl groups is 1. The van der Waals surface area contributed by atoms with Crippen LogP contribution in [0.5, 0.6) is 0 Å². The summed E-state index contributed by atoms with van der Waals surface area (Å²) in [5, 5.41) is 15.9. The van der Waals surface area contributed by atoms with E-state index in [4.69, 9.17) is 9.40 Å². The van der Waals surface area contributed by atoms with Crippen LogP contribution in [0.3, 0.4) is 0 Å². The molecule has 49 heavy (non-hydrogen) atoms. The van der Waals surface area contributed by atoms with E-state index in [0.29, 0.717) is 0 Å². The number of aliphatic hydroxyl groups excluding tert-OH is 1. The number of allylic oxidation sites excluding steroid dienone is 2. The molecule has 0 aliphatic heterocycles. The molecule has 261 valence electrons. The number of aryl methyl sites for hydroxylation is 1. The molecule has 0 amide bonds. The first-order chi connectivity index (χ1) is 22.7. The summed E-state index contributed by atoms with van der Waals surface area (Å²) in [5.74, 6) is 0.286. The number of thiophene rings is 1. The van der Waals surface area contributed by atoms with E-state index < -0.39 is 0 Å². The van der Waals surface area contributed by atoms with Crippen molar-refractivity contribution in [1.82, 2.24) is 4.98 Å². The zero-order valence-electron chi connectivity index (χ0n) is 30.6. The fraction of sp³-hybridized carbons (Fsp3) is 0.395. The fourth-order valence-electron chi connectivity index (χ4n) is 6.29. The van der Waals surface area contributed by atoms with Gasteiger partial charge in [0, 0.05) is 74.6 Å². The Morgan fingerprint density at radius 2 is 1.53 bits per heavy atom. The summed E-state index contributed by atoms with van der Waals surface area (Å²) in [4.78, 5) is 18.3. The zero-order valence-corrected chi connectivity index (χ0v) is 33.8. The molecular formula is C43H50IrNO3S-. The quantitative estimate of drug-likeness (QED) is 0.0941. The van der Waals surface area contributed by atoms with E-state index in [0.717, 1.165) is 64.3 Å². The third kappa shape index (κ3) is 7.43. The van der Waals surface area contributed by atoms with Crippen molar-refractivity contribution in [1.29, 1.82) is 0 Å². The second-order valence-corrected chi connectivity index (χ2v) is 16.0. The average Bonchev–Trinajstić information content (AvgIpc) is 3.66. The van der Waals surface area contributed by atoms with E-state index in [9.17, 15) is 9.90 Å². The van der Waals surface area contributed by atoms with Crippen molar-refractivity contribution in [2.45, 2.75) is 100 Å². The molecule has 0 saturated carbocycles. The summed E-state index contributed by atoms with van der Waals surface area (Å²) in [6, 6.07) is 23.0. The maximum absolute atomic E-state index is 12.2. The van der Waals surface area contributed by atoms with Crippen molar-refractivity contribution in [3.05, 3.63) is 89.1 Å². The van der Waals surface area contributed by atoms with Crippen LogP contribution in [-0.4, -0.2) is 15.9 Å². The fourth-order valence-corrected chi connectivity index (χ4v) is 7.21. The van der Waals surface area contributed by atoms with Crippen LogP contribution in [0.4, 0.5) is 0 Å². The van der Waals surface area contributed by atoms with Gasteiger partial charge in [-0.1, -0.05) is 91.5 Å². The summed E-state index contributed by atoms with van der Waals surface area (Å²) in [6.45, 7) is 21.0. The molecule has 6 rings (SSSR count). The van der Waals surface area contributed by atoms with E-state index in [-0.39, 0.29) is 47.9 Å². The molecule has 0 saturated heterocycles. The molecule has 3 aromatic heterocycles. The summed E-state index contributed by atoms with van der Waals surface area (Å²) >= 11 is 1.80. The number of carbonyl (C=O) groups is 1. The molecule has 1 N–H and O–H groups in total. The van der Waals surface area contributed by atoms with Gasteiger partial charge >= 0.3 is 0 Å². The van der Waals surface area contributed by atoms with E-state index >= 15 is 0 Å². The minimum atomic E-state index is -0.337.